The summed E-state index contributed by atoms with van der Waals surface area (Å²) in [5.74, 6) is 0.204. The molecular weight excluding hydrogens is 359 g/mol. The number of halogens is 2. The average molecular weight is 379 g/mol. The van der Waals surface area contributed by atoms with Gasteiger partial charge in [0.1, 0.15) is 0 Å². The van der Waals surface area contributed by atoms with Gasteiger partial charge in [0, 0.05) is 28.5 Å². The molecule has 7 heteroatoms. The number of piperidine rings is 1. The third-order valence-corrected chi connectivity index (χ3v) is 6.12. The Hall–Kier alpha value is -1.59. The van der Waals surface area contributed by atoms with E-state index in [4.69, 9.17) is 23.2 Å². The minimum atomic E-state index is 0.204. The average Bonchev–Trinajstić information content (AvgIpc) is 3.21. The van der Waals surface area contributed by atoms with Gasteiger partial charge in [0.05, 0.1) is 18.4 Å². The molecule has 132 valence electrons. The minimum Gasteiger partial charge on any atom is -0.337 e. The zero-order valence-corrected chi connectivity index (χ0v) is 15.3. The maximum Gasteiger partial charge on any atom is 0.223 e. The van der Waals surface area contributed by atoms with Crippen LogP contribution in [0.15, 0.2) is 30.6 Å². The molecule has 2 aliphatic rings. The van der Waals surface area contributed by atoms with Crippen molar-refractivity contribution in [3.63, 3.8) is 0 Å². The summed E-state index contributed by atoms with van der Waals surface area (Å²) in [6.07, 6.45) is 8.47. The van der Waals surface area contributed by atoms with Gasteiger partial charge in [-0.05, 0) is 49.8 Å². The molecule has 2 unspecified atom stereocenters. The SMILES string of the molecule is O=C(CCc1c(Cl)cccc1Cl)N1C2CCC1CC(n1nccn1)C2. The summed E-state index contributed by atoms with van der Waals surface area (Å²) in [5, 5.41) is 9.81. The van der Waals surface area contributed by atoms with E-state index in [-0.39, 0.29) is 5.91 Å². The third kappa shape index (κ3) is 3.27. The Bertz CT molecular complexity index is 730. The van der Waals surface area contributed by atoms with Gasteiger partial charge in [-0.25, -0.2) is 0 Å². The number of carbonyl (C=O) groups excluding carboxylic acids is 1. The Morgan fingerprint density at radius 1 is 1.04 bits per heavy atom. The van der Waals surface area contributed by atoms with Crippen molar-refractivity contribution in [2.45, 2.75) is 56.7 Å². The van der Waals surface area contributed by atoms with Gasteiger partial charge in [-0.1, -0.05) is 29.3 Å². The molecule has 2 saturated heterocycles. The summed E-state index contributed by atoms with van der Waals surface area (Å²) < 4.78 is 0. The summed E-state index contributed by atoms with van der Waals surface area (Å²) in [7, 11) is 0. The molecule has 2 aliphatic heterocycles. The number of fused-ring (bicyclic) bond motifs is 2. The maximum absolute atomic E-state index is 12.8. The van der Waals surface area contributed by atoms with Crippen LogP contribution in [0, 0.1) is 0 Å². The van der Waals surface area contributed by atoms with Crippen molar-refractivity contribution in [1.82, 2.24) is 19.9 Å². The fraction of sp³-hybridized carbons (Fsp3) is 0.500. The lowest BCUT2D eigenvalue weighted by Gasteiger charge is -2.38. The Morgan fingerprint density at radius 2 is 1.64 bits per heavy atom. The second kappa shape index (κ2) is 6.96. The highest BCUT2D eigenvalue weighted by Crippen LogP contribution is 2.40. The number of hydrogen-bond donors (Lipinski definition) is 0. The summed E-state index contributed by atoms with van der Waals surface area (Å²) in [5.41, 5.74) is 0.863. The molecule has 1 aromatic heterocycles. The minimum absolute atomic E-state index is 0.204. The Labute approximate surface area is 156 Å². The van der Waals surface area contributed by atoms with Gasteiger partial charge < -0.3 is 4.90 Å². The first-order valence-electron chi connectivity index (χ1n) is 8.73. The largest absolute Gasteiger partial charge is 0.337 e. The molecule has 0 N–H and O–H groups in total. The highest BCUT2D eigenvalue weighted by Gasteiger charge is 2.43. The molecule has 5 nitrogen and oxygen atoms in total. The molecule has 1 amide bonds. The second-order valence-electron chi connectivity index (χ2n) is 6.86. The summed E-state index contributed by atoms with van der Waals surface area (Å²) >= 11 is 12.4. The molecule has 0 aliphatic carbocycles. The van der Waals surface area contributed by atoms with E-state index in [9.17, 15) is 4.79 Å². The second-order valence-corrected chi connectivity index (χ2v) is 7.68. The molecule has 2 aromatic rings. The van der Waals surface area contributed by atoms with Crippen LogP contribution in [0.3, 0.4) is 0 Å². The lowest BCUT2D eigenvalue weighted by atomic mass is 9.97. The van der Waals surface area contributed by atoms with Gasteiger partial charge in [0.15, 0.2) is 0 Å². The van der Waals surface area contributed by atoms with Gasteiger partial charge in [-0.3, -0.25) is 4.79 Å². The van der Waals surface area contributed by atoms with E-state index >= 15 is 0 Å². The molecule has 3 heterocycles. The molecule has 0 spiro atoms. The first-order chi connectivity index (χ1) is 12.1. The van der Waals surface area contributed by atoms with Crippen LogP contribution in [0.25, 0.3) is 0 Å². The van der Waals surface area contributed by atoms with E-state index in [0.717, 1.165) is 31.2 Å². The molecule has 1 aromatic carbocycles. The Kier molecular flexibility index (Phi) is 4.69. The molecule has 0 saturated carbocycles. The van der Waals surface area contributed by atoms with Crippen LogP contribution < -0.4 is 0 Å². The van der Waals surface area contributed by atoms with Crippen LogP contribution in [-0.4, -0.2) is 37.9 Å². The number of carbonyl (C=O) groups is 1. The quantitative estimate of drug-likeness (QED) is 0.809. The van der Waals surface area contributed by atoms with E-state index in [0.29, 0.717) is 41.0 Å². The third-order valence-electron chi connectivity index (χ3n) is 5.41. The van der Waals surface area contributed by atoms with Crippen molar-refractivity contribution in [3.05, 3.63) is 46.2 Å². The molecule has 0 radical (unpaired) electrons. The number of aromatic nitrogens is 3. The lowest BCUT2D eigenvalue weighted by molar-refractivity contribution is -0.136. The summed E-state index contributed by atoms with van der Waals surface area (Å²) in [6, 6.07) is 6.35. The van der Waals surface area contributed by atoms with Gasteiger partial charge in [0.25, 0.3) is 0 Å². The zero-order valence-electron chi connectivity index (χ0n) is 13.8. The molecule has 4 rings (SSSR count). The van der Waals surface area contributed by atoms with Crippen LogP contribution in [0.4, 0.5) is 0 Å². The van der Waals surface area contributed by atoms with Gasteiger partial charge in [-0.15, -0.1) is 0 Å². The maximum atomic E-state index is 12.8. The van der Waals surface area contributed by atoms with Gasteiger partial charge >= 0.3 is 0 Å². The van der Waals surface area contributed by atoms with E-state index in [1.165, 1.54) is 0 Å². The number of benzene rings is 1. The van der Waals surface area contributed by atoms with Crippen LogP contribution in [0.2, 0.25) is 10.0 Å². The van der Waals surface area contributed by atoms with E-state index in [1.54, 1.807) is 17.2 Å². The highest BCUT2D eigenvalue weighted by molar-refractivity contribution is 6.36. The van der Waals surface area contributed by atoms with E-state index in [2.05, 4.69) is 15.1 Å². The van der Waals surface area contributed by atoms with Crippen molar-refractivity contribution >= 4 is 29.1 Å². The molecule has 2 fully saturated rings. The molecule has 2 atom stereocenters. The van der Waals surface area contributed by atoms with Crippen molar-refractivity contribution in [3.8, 4) is 0 Å². The zero-order chi connectivity index (χ0) is 17.4. The Morgan fingerprint density at radius 3 is 2.24 bits per heavy atom. The molecule has 2 bridgehead atoms. The topological polar surface area (TPSA) is 51.0 Å². The molecular formula is C18H20Cl2N4O. The summed E-state index contributed by atoms with van der Waals surface area (Å²) in [4.78, 5) is 16.8. The normalized spacial score (nSPS) is 25.4. The van der Waals surface area contributed by atoms with Gasteiger partial charge in [0.2, 0.25) is 5.91 Å². The number of nitrogens with zero attached hydrogens (tertiary/aromatic N) is 4. The fourth-order valence-corrected chi connectivity index (χ4v) is 4.88. The van der Waals surface area contributed by atoms with E-state index in [1.807, 2.05) is 18.2 Å². The van der Waals surface area contributed by atoms with Crippen LogP contribution in [-0.2, 0) is 11.2 Å². The predicted molar refractivity (Wildman–Crippen MR) is 96.7 cm³/mol. The lowest BCUT2D eigenvalue weighted by Crippen LogP contribution is -2.47. The van der Waals surface area contributed by atoms with Crippen molar-refractivity contribution in [1.29, 1.82) is 0 Å². The van der Waals surface area contributed by atoms with Crippen molar-refractivity contribution < 1.29 is 4.79 Å². The monoisotopic (exact) mass is 378 g/mol. The van der Waals surface area contributed by atoms with E-state index < -0.39 is 0 Å². The summed E-state index contributed by atoms with van der Waals surface area (Å²) in [6.45, 7) is 0. The van der Waals surface area contributed by atoms with Crippen molar-refractivity contribution in [2.75, 3.05) is 0 Å². The highest BCUT2D eigenvalue weighted by atomic mass is 35.5. The van der Waals surface area contributed by atoms with Crippen LogP contribution in [0.5, 0.6) is 0 Å². The fourth-order valence-electron chi connectivity index (χ4n) is 4.29. The Balaban J connectivity index is 1.42. The first-order valence-corrected chi connectivity index (χ1v) is 9.49. The first kappa shape index (κ1) is 16.9. The molecule has 25 heavy (non-hydrogen) atoms. The van der Waals surface area contributed by atoms with Crippen molar-refractivity contribution in [2.24, 2.45) is 0 Å². The van der Waals surface area contributed by atoms with Gasteiger partial charge in [-0.2, -0.15) is 15.0 Å². The number of hydrogen-bond acceptors (Lipinski definition) is 3. The number of rotatable bonds is 4. The van der Waals surface area contributed by atoms with Crippen LogP contribution in [0.1, 0.15) is 43.7 Å². The van der Waals surface area contributed by atoms with Crippen LogP contribution >= 0.6 is 23.2 Å². The smallest absolute Gasteiger partial charge is 0.223 e. The number of amides is 1. The predicted octanol–water partition coefficient (Wildman–Crippen LogP) is 3.91. The standard InChI is InChI=1S/C18H20Cl2N4O/c19-16-2-1-3-17(20)15(16)6-7-18(25)23-12-4-5-13(23)11-14(10-12)24-21-8-9-22-24/h1-3,8-9,12-14H,4-7,10-11H2.